The monoisotopic (exact) mass is 193 g/mol. The largest absolute Gasteiger partial charge is 0.508 e. The van der Waals surface area contributed by atoms with E-state index in [1.807, 2.05) is 19.1 Å². The van der Waals surface area contributed by atoms with Crippen molar-refractivity contribution in [1.82, 2.24) is 0 Å². The summed E-state index contributed by atoms with van der Waals surface area (Å²) in [5, 5.41) is 9.68. The first-order valence-electron chi connectivity index (χ1n) is 5.12. The maximum absolute atomic E-state index is 9.68. The number of nitrogens with two attached hydrogens (primary N) is 1. The fourth-order valence-corrected chi connectivity index (χ4v) is 1.69. The molecule has 0 bridgehead atoms. The third-order valence-corrected chi connectivity index (χ3v) is 2.60. The summed E-state index contributed by atoms with van der Waals surface area (Å²) in [5.41, 5.74) is 7.72. The Labute approximate surface area is 85.8 Å². The predicted octanol–water partition coefficient (Wildman–Crippen LogP) is 2.23. The molecule has 0 saturated carbocycles. The van der Waals surface area contributed by atoms with Gasteiger partial charge >= 0.3 is 0 Å². The van der Waals surface area contributed by atoms with Crippen molar-refractivity contribution in [2.24, 2.45) is 11.7 Å². The molecule has 0 spiro atoms. The Morgan fingerprint density at radius 3 is 2.71 bits per heavy atom. The molecule has 1 aromatic rings. The molecule has 0 amide bonds. The Hall–Kier alpha value is -1.02. The molecule has 0 saturated heterocycles. The first-order chi connectivity index (χ1) is 6.65. The van der Waals surface area contributed by atoms with E-state index < -0.39 is 0 Å². The molecule has 1 rings (SSSR count). The van der Waals surface area contributed by atoms with Crippen LogP contribution in [0.25, 0.3) is 0 Å². The van der Waals surface area contributed by atoms with Gasteiger partial charge in [0.05, 0.1) is 0 Å². The lowest BCUT2D eigenvalue weighted by Gasteiger charge is -2.13. The van der Waals surface area contributed by atoms with E-state index in [2.05, 4.69) is 6.92 Å². The molecule has 78 valence electrons. The fourth-order valence-electron chi connectivity index (χ4n) is 1.69. The standard InChI is InChI=1S/C12H19NO/c1-9(6-7-13)8-11-10(2)4-3-5-12(11)14/h3-5,9,14H,6-8,13H2,1-2H3. The van der Waals surface area contributed by atoms with Gasteiger partial charge in [-0.3, -0.25) is 0 Å². The molecular weight excluding hydrogens is 174 g/mol. The van der Waals surface area contributed by atoms with E-state index in [1.165, 1.54) is 0 Å². The lowest BCUT2D eigenvalue weighted by molar-refractivity contribution is 0.454. The van der Waals surface area contributed by atoms with E-state index >= 15 is 0 Å². The van der Waals surface area contributed by atoms with E-state index in [9.17, 15) is 5.11 Å². The van der Waals surface area contributed by atoms with Gasteiger partial charge in [0.1, 0.15) is 5.75 Å². The van der Waals surface area contributed by atoms with Gasteiger partial charge in [-0.25, -0.2) is 0 Å². The van der Waals surface area contributed by atoms with E-state index in [-0.39, 0.29) is 0 Å². The van der Waals surface area contributed by atoms with Crippen molar-refractivity contribution < 1.29 is 5.11 Å². The van der Waals surface area contributed by atoms with Gasteiger partial charge in [0, 0.05) is 0 Å². The van der Waals surface area contributed by atoms with Crippen LogP contribution in [0.3, 0.4) is 0 Å². The summed E-state index contributed by atoms with van der Waals surface area (Å²) in [6.45, 7) is 4.91. The normalized spacial score (nSPS) is 12.8. The minimum Gasteiger partial charge on any atom is -0.508 e. The number of aryl methyl sites for hydroxylation is 1. The maximum Gasteiger partial charge on any atom is 0.119 e. The Morgan fingerprint density at radius 1 is 1.43 bits per heavy atom. The molecule has 1 atom stereocenters. The number of rotatable bonds is 4. The highest BCUT2D eigenvalue weighted by atomic mass is 16.3. The first-order valence-corrected chi connectivity index (χ1v) is 5.12. The molecule has 1 aromatic carbocycles. The van der Waals surface area contributed by atoms with Crippen LogP contribution in [0.15, 0.2) is 18.2 Å². The number of hydrogen-bond donors (Lipinski definition) is 2. The Bertz CT molecular complexity index is 276. The summed E-state index contributed by atoms with van der Waals surface area (Å²) in [6, 6.07) is 5.66. The number of aromatic hydroxyl groups is 1. The second-order valence-corrected chi connectivity index (χ2v) is 3.96. The predicted molar refractivity (Wildman–Crippen MR) is 59.4 cm³/mol. The minimum absolute atomic E-state index is 0.411. The SMILES string of the molecule is Cc1cccc(O)c1CC(C)CCN. The van der Waals surface area contributed by atoms with Crippen molar-refractivity contribution in [2.45, 2.75) is 26.7 Å². The second kappa shape index (κ2) is 5.01. The third-order valence-electron chi connectivity index (χ3n) is 2.60. The summed E-state index contributed by atoms with van der Waals surface area (Å²) < 4.78 is 0. The fraction of sp³-hybridized carbons (Fsp3) is 0.500. The Morgan fingerprint density at radius 2 is 2.14 bits per heavy atom. The van der Waals surface area contributed by atoms with Crippen molar-refractivity contribution in [3.63, 3.8) is 0 Å². The molecule has 2 heteroatoms. The average Bonchev–Trinajstić information content (AvgIpc) is 2.12. The molecule has 0 aliphatic heterocycles. The van der Waals surface area contributed by atoms with Crippen LogP contribution in [0.5, 0.6) is 5.75 Å². The van der Waals surface area contributed by atoms with E-state index in [4.69, 9.17) is 5.73 Å². The van der Waals surface area contributed by atoms with Crippen LogP contribution in [0.2, 0.25) is 0 Å². The summed E-state index contributed by atoms with van der Waals surface area (Å²) in [4.78, 5) is 0. The van der Waals surface area contributed by atoms with Crippen LogP contribution in [0, 0.1) is 12.8 Å². The van der Waals surface area contributed by atoms with Gasteiger partial charge in [0.2, 0.25) is 0 Å². The van der Waals surface area contributed by atoms with Crippen molar-refractivity contribution in [2.75, 3.05) is 6.54 Å². The molecule has 0 aliphatic rings. The van der Waals surface area contributed by atoms with E-state index in [0.717, 1.165) is 24.0 Å². The topological polar surface area (TPSA) is 46.2 Å². The van der Waals surface area contributed by atoms with Gasteiger partial charge in [-0.2, -0.15) is 0 Å². The molecule has 3 N–H and O–H groups in total. The van der Waals surface area contributed by atoms with Crippen LogP contribution in [0.1, 0.15) is 24.5 Å². The molecular formula is C12H19NO. The minimum atomic E-state index is 0.411. The number of phenols is 1. The molecule has 0 aliphatic carbocycles. The number of phenolic OH excluding ortho intramolecular Hbond substituents is 1. The molecule has 0 radical (unpaired) electrons. The Kier molecular flexibility index (Phi) is 3.96. The summed E-state index contributed by atoms with van der Waals surface area (Å²) in [5.74, 6) is 0.945. The lowest BCUT2D eigenvalue weighted by atomic mass is 9.94. The molecule has 0 fully saturated rings. The van der Waals surface area contributed by atoms with Gasteiger partial charge in [-0.15, -0.1) is 0 Å². The van der Waals surface area contributed by atoms with E-state index in [1.54, 1.807) is 6.07 Å². The Balaban J connectivity index is 2.75. The first kappa shape index (κ1) is 11.1. The van der Waals surface area contributed by atoms with Crippen molar-refractivity contribution >= 4 is 0 Å². The summed E-state index contributed by atoms with van der Waals surface area (Å²) >= 11 is 0. The van der Waals surface area contributed by atoms with Crippen molar-refractivity contribution in [3.8, 4) is 5.75 Å². The molecule has 0 heterocycles. The van der Waals surface area contributed by atoms with Gasteiger partial charge < -0.3 is 10.8 Å². The molecule has 0 aromatic heterocycles. The summed E-state index contributed by atoms with van der Waals surface area (Å²) in [7, 11) is 0. The van der Waals surface area contributed by atoms with Gasteiger partial charge in [0.25, 0.3) is 0 Å². The van der Waals surface area contributed by atoms with Gasteiger partial charge in [0.15, 0.2) is 0 Å². The van der Waals surface area contributed by atoms with Gasteiger partial charge in [-0.05, 0) is 49.4 Å². The second-order valence-electron chi connectivity index (χ2n) is 3.96. The highest BCUT2D eigenvalue weighted by molar-refractivity contribution is 5.38. The van der Waals surface area contributed by atoms with E-state index in [0.29, 0.717) is 18.2 Å². The van der Waals surface area contributed by atoms with Crippen molar-refractivity contribution in [3.05, 3.63) is 29.3 Å². The number of benzene rings is 1. The smallest absolute Gasteiger partial charge is 0.119 e. The summed E-state index contributed by atoms with van der Waals surface area (Å²) in [6.07, 6.45) is 1.92. The quantitative estimate of drug-likeness (QED) is 0.770. The molecule has 14 heavy (non-hydrogen) atoms. The van der Waals surface area contributed by atoms with Crippen LogP contribution in [0.4, 0.5) is 0 Å². The maximum atomic E-state index is 9.68. The number of hydrogen-bond acceptors (Lipinski definition) is 2. The van der Waals surface area contributed by atoms with Crippen LogP contribution in [-0.4, -0.2) is 11.7 Å². The third kappa shape index (κ3) is 2.74. The zero-order valence-electron chi connectivity index (χ0n) is 8.96. The average molecular weight is 193 g/mol. The molecule has 1 unspecified atom stereocenters. The van der Waals surface area contributed by atoms with Crippen LogP contribution >= 0.6 is 0 Å². The van der Waals surface area contributed by atoms with Crippen LogP contribution < -0.4 is 5.73 Å². The molecule has 2 nitrogen and oxygen atoms in total. The van der Waals surface area contributed by atoms with Crippen molar-refractivity contribution in [1.29, 1.82) is 0 Å². The lowest BCUT2D eigenvalue weighted by Crippen LogP contribution is -2.08. The highest BCUT2D eigenvalue weighted by Crippen LogP contribution is 2.24. The van der Waals surface area contributed by atoms with Gasteiger partial charge in [-0.1, -0.05) is 19.1 Å². The highest BCUT2D eigenvalue weighted by Gasteiger charge is 2.08. The zero-order chi connectivity index (χ0) is 10.6. The zero-order valence-corrected chi connectivity index (χ0v) is 8.96. The van der Waals surface area contributed by atoms with Crippen LogP contribution in [-0.2, 0) is 6.42 Å².